The van der Waals surface area contributed by atoms with E-state index in [0.29, 0.717) is 16.9 Å². The molecule has 6 nitrogen and oxygen atoms in total. The molecule has 0 saturated heterocycles. The lowest BCUT2D eigenvalue weighted by atomic mass is 10.1. The molecule has 0 aliphatic rings. The minimum Gasteiger partial charge on any atom is -0.494 e. The first-order valence-electron chi connectivity index (χ1n) is 6.15. The predicted octanol–water partition coefficient (Wildman–Crippen LogP) is 1.32. The van der Waals surface area contributed by atoms with Crippen molar-refractivity contribution in [2.45, 2.75) is 6.54 Å². The highest BCUT2D eigenvalue weighted by Crippen LogP contribution is 2.28. The Morgan fingerprint density at radius 3 is 2.71 bits per heavy atom. The maximum Gasteiger partial charge on any atom is 0.165 e. The summed E-state index contributed by atoms with van der Waals surface area (Å²) in [6.45, 7) is 0.196. The number of aromatic nitrogens is 2. The summed E-state index contributed by atoms with van der Waals surface area (Å²) in [7, 11) is -1.70. The molecule has 8 heteroatoms. The van der Waals surface area contributed by atoms with Crippen molar-refractivity contribution in [2.75, 3.05) is 24.9 Å². The van der Waals surface area contributed by atoms with Gasteiger partial charge in [-0.1, -0.05) is 0 Å². The highest BCUT2D eigenvalue weighted by molar-refractivity contribution is 7.90. The summed E-state index contributed by atoms with van der Waals surface area (Å²) in [4.78, 5) is 0. The van der Waals surface area contributed by atoms with Gasteiger partial charge in [0.2, 0.25) is 0 Å². The third-order valence-electron chi connectivity index (χ3n) is 2.91. The van der Waals surface area contributed by atoms with Crippen molar-refractivity contribution in [3.05, 3.63) is 30.2 Å². The predicted molar refractivity (Wildman–Crippen MR) is 78.3 cm³/mol. The summed E-state index contributed by atoms with van der Waals surface area (Å²) < 4.78 is 42.3. The van der Waals surface area contributed by atoms with Gasteiger partial charge in [0.25, 0.3) is 0 Å². The van der Waals surface area contributed by atoms with E-state index in [1.807, 2.05) is 0 Å². The zero-order chi connectivity index (χ0) is 15.6. The van der Waals surface area contributed by atoms with Gasteiger partial charge in [0.15, 0.2) is 11.6 Å². The second kappa shape index (κ2) is 5.72. The molecule has 1 aromatic heterocycles. The average Bonchev–Trinajstić information content (AvgIpc) is 2.77. The van der Waals surface area contributed by atoms with Gasteiger partial charge in [0, 0.05) is 18.0 Å². The van der Waals surface area contributed by atoms with E-state index in [4.69, 9.17) is 10.5 Å². The third-order valence-corrected chi connectivity index (χ3v) is 3.83. The van der Waals surface area contributed by atoms with Crippen LogP contribution in [0.4, 0.5) is 10.1 Å². The number of benzene rings is 1. The number of rotatable bonds is 5. The van der Waals surface area contributed by atoms with Crippen LogP contribution in [0.5, 0.6) is 5.75 Å². The van der Waals surface area contributed by atoms with Gasteiger partial charge in [-0.25, -0.2) is 12.8 Å². The van der Waals surface area contributed by atoms with Crippen LogP contribution in [0.25, 0.3) is 11.3 Å². The maximum absolute atomic E-state index is 13.7. The maximum atomic E-state index is 13.7. The lowest BCUT2D eigenvalue weighted by molar-refractivity contribution is 0.386. The zero-order valence-corrected chi connectivity index (χ0v) is 12.5. The Labute approximate surface area is 122 Å². The number of hydrogen-bond donors (Lipinski definition) is 1. The molecule has 0 aliphatic heterocycles. The largest absolute Gasteiger partial charge is 0.494 e. The number of nitrogens with two attached hydrogens (primary N) is 1. The van der Waals surface area contributed by atoms with Crippen LogP contribution in [-0.2, 0) is 16.4 Å². The molecule has 2 N–H and O–H groups in total. The van der Waals surface area contributed by atoms with Crippen molar-refractivity contribution >= 4 is 15.5 Å². The fourth-order valence-electron chi connectivity index (χ4n) is 1.85. The Hall–Kier alpha value is -2.09. The summed E-state index contributed by atoms with van der Waals surface area (Å²) in [6, 6.07) is 4.40. The minimum atomic E-state index is -3.08. The molecule has 0 unspecified atom stereocenters. The van der Waals surface area contributed by atoms with E-state index >= 15 is 0 Å². The molecule has 1 heterocycles. The van der Waals surface area contributed by atoms with E-state index in [1.165, 1.54) is 30.1 Å². The Morgan fingerprint density at radius 1 is 1.43 bits per heavy atom. The Kier molecular flexibility index (Phi) is 4.17. The van der Waals surface area contributed by atoms with Gasteiger partial charge in [0.05, 0.1) is 25.1 Å². The van der Waals surface area contributed by atoms with Gasteiger partial charge in [-0.15, -0.1) is 0 Å². The zero-order valence-electron chi connectivity index (χ0n) is 11.7. The average molecular weight is 313 g/mol. The summed E-state index contributed by atoms with van der Waals surface area (Å²) in [5, 5.41) is 4.20. The van der Waals surface area contributed by atoms with E-state index < -0.39 is 15.7 Å². The molecule has 2 aromatic rings. The van der Waals surface area contributed by atoms with Gasteiger partial charge < -0.3 is 10.5 Å². The number of aryl methyl sites for hydroxylation is 1. The normalized spacial score (nSPS) is 11.6. The smallest absolute Gasteiger partial charge is 0.165 e. The van der Waals surface area contributed by atoms with Crippen LogP contribution in [0.15, 0.2) is 24.4 Å². The number of sulfone groups is 1. The van der Waals surface area contributed by atoms with E-state index in [1.54, 1.807) is 6.07 Å². The number of anilines is 1. The van der Waals surface area contributed by atoms with Crippen molar-refractivity contribution in [2.24, 2.45) is 0 Å². The summed E-state index contributed by atoms with van der Waals surface area (Å²) >= 11 is 0. The lowest BCUT2D eigenvalue weighted by Crippen LogP contribution is -2.11. The SMILES string of the molecule is COc1ccc(-c2nn(CCS(C)(=O)=O)cc2N)cc1F. The van der Waals surface area contributed by atoms with Crippen molar-refractivity contribution in [3.8, 4) is 17.0 Å². The van der Waals surface area contributed by atoms with Crippen molar-refractivity contribution < 1.29 is 17.5 Å². The van der Waals surface area contributed by atoms with Gasteiger partial charge in [-0.2, -0.15) is 5.10 Å². The summed E-state index contributed by atoms with van der Waals surface area (Å²) in [6.07, 6.45) is 2.68. The number of nitrogen functional groups attached to an aromatic ring is 1. The van der Waals surface area contributed by atoms with Crippen LogP contribution in [0.2, 0.25) is 0 Å². The molecule has 2 rings (SSSR count). The number of hydrogen-bond acceptors (Lipinski definition) is 5. The second-order valence-corrected chi connectivity index (χ2v) is 6.94. The third kappa shape index (κ3) is 3.72. The topological polar surface area (TPSA) is 87.2 Å². The fraction of sp³-hybridized carbons (Fsp3) is 0.308. The Balaban J connectivity index is 2.28. The van der Waals surface area contributed by atoms with Crippen LogP contribution >= 0.6 is 0 Å². The monoisotopic (exact) mass is 313 g/mol. The minimum absolute atomic E-state index is 0.0372. The molecule has 0 fully saturated rings. The van der Waals surface area contributed by atoms with Crippen molar-refractivity contribution in [3.63, 3.8) is 0 Å². The van der Waals surface area contributed by atoms with Crippen LogP contribution in [0.1, 0.15) is 0 Å². The first-order chi connectivity index (χ1) is 9.80. The van der Waals surface area contributed by atoms with Crippen molar-refractivity contribution in [1.82, 2.24) is 9.78 Å². The number of methoxy groups -OCH3 is 1. The number of nitrogens with zero attached hydrogens (tertiary/aromatic N) is 2. The van der Waals surface area contributed by atoms with E-state index in [9.17, 15) is 12.8 Å². The molecule has 0 spiro atoms. The van der Waals surface area contributed by atoms with E-state index in [-0.39, 0.29) is 18.0 Å². The second-order valence-electron chi connectivity index (χ2n) is 4.68. The highest BCUT2D eigenvalue weighted by Gasteiger charge is 2.12. The quantitative estimate of drug-likeness (QED) is 0.899. The van der Waals surface area contributed by atoms with Crippen LogP contribution in [-0.4, -0.2) is 37.3 Å². The molecule has 0 bridgehead atoms. The van der Waals surface area contributed by atoms with Crippen molar-refractivity contribution in [1.29, 1.82) is 0 Å². The van der Waals surface area contributed by atoms with E-state index in [0.717, 1.165) is 6.26 Å². The van der Waals surface area contributed by atoms with Gasteiger partial charge in [-0.05, 0) is 18.2 Å². The first-order valence-corrected chi connectivity index (χ1v) is 8.21. The van der Waals surface area contributed by atoms with Crippen LogP contribution < -0.4 is 10.5 Å². The fourth-order valence-corrected chi connectivity index (χ4v) is 2.37. The first kappa shape index (κ1) is 15.3. The molecule has 0 atom stereocenters. The molecule has 114 valence electrons. The number of halogens is 1. The highest BCUT2D eigenvalue weighted by atomic mass is 32.2. The van der Waals surface area contributed by atoms with Gasteiger partial charge in [-0.3, -0.25) is 4.68 Å². The standard InChI is InChI=1S/C13H16FN3O3S/c1-20-12-4-3-9(7-10(12)14)13-11(15)8-17(16-13)5-6-21(2,18)19/h3-4,7-8H,5-6,15H2,1-2H3. The molecule has 0 aliphatic carbocycles. The number of ether oxygens (including phenoxy) is 1. The van der Waals surface area contributed by atoms with Crippen LogP contribution in [0, 0.1) is 5.82 Å². The van der Waals surface area contributed by atoms with E-state index in [2.05, 4.69) is 5.10 Å². The molecular formula is C13H16FN3O3S. The van der Waals surface area contributed by atoms with Gasteiger partial charge in [0.1, 0.15) is 15.5 Å². The molecule has 21 heavy (non-hydrogen) atoms. The molecule has 0 amide bonds. The molecule has 0 radical (unpaired) electrons. The lowest BCUT2D eigenvalue weighted by Gasteiger charge is -2.04. The molecule has 1 aromatic carbocycles. The Bertz CT molecular complexity index is 756. The van der Waals surface area contributed by atoms with Gasteiger partial charge >= 0.3 is 0 Å². The molecular weight excluding hydrogens is 297 g/mol. The summed E-state index contributed by atoms with van der Waals surface area (Å²) in [5.41, 5.74) is 7.11. The summed E-state index contributed by atoms with van der Waals surface area (Å²) in [5.74, 6) is -0.418. The van der Waals surface area contributed by atoms with Crippen LogP contribution in [0.3, 0.4) is 0 Å². The Morgan fingerprint density at radius 2 is 2.14 bits per heavy atom. The molecule has 0 saturated carbocycles.